The Morgan fingerprint density at radius 3 is 2.07 bits per heavy atom. The Labute approximate surface area is 176 Å². The maximum absolute atomic E-state index is 12.8. The summed E-state index contributed by atoms with van der Waals surface area (Å²) in [6.07, 6.45) is 1.46. The number of carbonyl (C=O) groups is 3. The molecule has 1 fully saturated rings. The number of hydrogen-bond donors (Lipinski definition) is 2. The van der Waals surface area contributed by atoms with E-state index in [1.165, 1.54) is 7.11 Å². The normalized spacial score (nSPS) is 28.8. The minimum atomic E-state index is -2.56. The van der Waals surface area contributed by atoms with Crippen molar-refractivity contribution in [3.05, 3.63) is 11.6 Å². The second-order valence-corrected chi connectivity index (χ2v) is 6.97. The first-order valence-electron chi connectivity index (χ1n) is 9.79. The first-order chi connectivity index (χ1) is 14.2. The van der Waals surface area contributed by atoms with Gasteiger partial charge < -0.3 is 33.9 Å². The third-order valence-corrected chi connectivity index (χ3v) is 5.23. The number of aliphatic hydroxyl groups excluding tert-OH is 2. The largest absolute Gasteiger partial charge is 0.467 e. The topological polar surface area (TPSA) is 138 Å². The lowest BCUT2D eigenvalue weighted by molar-refractivity contribution is -0.263. The highest BCUT2D eigenvalue weighted by molar-refractivity contribution is 6.05. The van der Waals surface area contributed by atoms with E-state index in [0.29, 0.717) is 12.5 Å². The van der Waals surface area contributed by atoms with Gasteiger partial charge in [-0.1, -0.05) is 32.6 Å². The number of hydrogen-bond acceptors (Lipinski definition) is 10. The fourth-order valence-electron chi connectivity index (χ4n) is 3.54. The average molecular weight is 432 g/mol. The molecule has 0 saturated carbocycles. The molecule has 2 N–H and O–H groups in total. The summed E-state index contributed by atoms with van der Waals surface area (Å²) in [5, 5.41) is 21.6. The summed E-state index contributed by atoms with van der Waals surface area (Å²) in [5.41, 5.74) is -3.24. The van der Waals surface area contributed by atoms with E-state index in [0.717, 1.165) is 47.0 Å². The Morgan fingerprint density at radius 2 is 1.57 bits per heavy atom. The van der Waals surface area contributed by atoms with E-state index in [-0.39, 0.29) is 6.42 Å². The first-order valence-corrected chi connectivity index (χ1v) is 9.79. The van der Waals surface area contributed by atoms with Crippen LogP contribution in [0.25, 0.3) is 0 Å². The number of carbonyl (C=O) groups excluding carboxylic acids is 3. The van der Waals surface area contributed by atoms with Crippen LogP contribution in [0, 0.1) is 0 Å². The number of unbranched alkanes of at least 4 members (excludes halogenated alkanes) is 4. The molecule has 30 heavy (non-hydrogen) atoms. The predicted molar refractivity (Wildman–Crippen MR) is 103 cm³/mol. The Balaban J connectivity index is 3.46. The highest BCUT2D eigenvalue weighted by Crippen LogP contribution is 2.46. The molecule has 1 rings (SSSR count). The minimum absolute atomic E-state index is 0.122. The molecule has 4 atom stereocenters. The predicted octanol–water partition coefficient (Wildman–Crippen LogP) is 0.626. The third kappa shape index (κ3) is 5.00. The zero-order valence-corrected chi connectivity index (χ0v) is 18.1. The van der Waals surface area contributed by atoms with E-state index in [9.17, 15) is 24.6 Å². The summed E-state index contributed by atoms with van der Waals surface area (Å²) in [6.45, 7) is 2.07. The molecule has 1 aliphatic rings. The standard InChI is InChI=1S/C20H32O10/c1-6-7-8-9-10-11-19(29-5)15(22)16(23)20(30-19,18(25)28-4)13(17(24)27-3)12-14(21)26-2/h12,15-16,22-23H,6-11H2,1-5H3/b13-12+/t15-,16-,19+,20+/m1/s1. The van der Waals surface area contributed by atoms with Crippen LogP contribution in [0.1, 0.15) is 45.4 Å². The van der Waals surface area contributed by atoms with Crippen LogP contribution in [0.2, 0.25) is 0 Å². The van der Waals surface area contributed by atoms with Crippen LogP contribution in [0.3, 0.4) is 0 Å². The Kier molecular flexibility index (Phi) is 9.89. The van der Waals surface area contributed by atoms with Crippen molar-refractivity contribution in [2.45, 2.75) is 69.0 Å². The maximum atomic E-state index is 12.8. The van der Waals surface area contributed by atoms with Crippen molar-refractivity contribution in [3.63, 3.8) is 0 Å². The van der Waals surface area contributed by atoms with Crippen LogP contribution < -0.4 is 0 Å². The van der Waals surface area contributed by atoms with Gasteiger partial charge in [-0.3, -0.25) is 0 Å². The molecule has 10 nitrogen and oxygen atoms in total. The lowest BCUT2D eigenvalue weighted by atomic mass is 9.85. The molecule has 0 radical (unpaired) electrons. The highest BCUT2D eigenvalue weighted by Gasteiger charge is 2.69. The summed E-state index contributed by atoms with van der Waals surface area (Å²) in [6, 6.07) is 0. The van der Waals surface area contributed by atoms with Crippen molar-refractivity contribution in [2.24, 2.45) is 0 Å². The van der Waals surface area contributed by atoms with Gasteiger partial charge in [0.05, 0.1) is 26.9 Å². The van der Waals surface area contributed by atoms with Crippen LogP contribution in [-0.4, -0.2) is 80.2 Å². The first kappa shape index (κ1) is 26.0. The molecule has 172 valence electrons. The SMILES string of the molecule is CCCCCCC[C@]1(OC)O[C@@](C(=O)OC)(/C(=C/C(=O)OC)C(=O)OC)[C@H](O)[C@H]1O. The van der Waals surface area contributed by atoms with Crippen LogP contribution in [-0.2, 0) is 38.1 Å². The number of rotatable bonds is 11. The molecular weight excluding hydrogens is 400 g/mol. The van der Waals surface area contributed by atoms with Gasteiger partial charge in [-0.2, -0.15) is 0 Å². The van der Waals surface area contributed by atoms with Gasteiger partial charge in [-0.05, 0) is 6.42 Å². The molecule has 1 heterocycles. The lowest BCUT2D eigenvalue weighted by Gasteiger charge is -2.33. The van der Waals surface area contributed by atoms with Crippen LogP contribution >= 0.6 is 0 Å². The zero-order chi connectivity index (χ0) is 22.9. The van der Waals surface area contributed by atoms with Gasteiger partial charge in [-0.15, -0.1) is 0 Å². The van der Waals surface area contributed by atoms with Gasteiger partial charge in [-0.25, -0.2) is 14.4 Å². The van der Waals surface area contributed by atoms with E-state index >= 15 is 0 Å². The molecule has 0 bridgehead atoms. The molecule has 1 saturated heterocycles. The van der Waals surface area contributed by atoms with E-state index in [1.54, 1.807) is 0 Å². The molecule has 0 amide bonds. The highest BCUT2D eigenvalue weighted by atomic mass is 16.7. The maximum Gasteiger partial charge on any atom is 0.346 e. The van der Waals surface area contributed by atoms with E-state index < -0.39 is 47.1 Å². The summed E-state index contributed by atoms with van der Waals surface area (Å²) in [7, 11) is 4.34. The second kappa shape index (κ2) is 11.4. The van der Waals surface area contributed by atoms with Crippen molar-refractivity contribution in [1.82, 2.24) is 0 Å². The van der Waals surface area contributed by atoms with Gasteiger partial charge in [0, 0.05) is 19.6 Å². The second-order valence-electron chi connectivity index (χ2n) is 6.97. The smallest absolute Gasteiger partial charge is 0.346 e. The number of ether oxygens (including phenoxy) is 5. The van der Waals surface area contributed by atoms with Crippen LogP contribution in [0.15, 0.2) is 11.6 Å². The molecule has 0 spiro atoms. The van der Waals surface area contributed by atoms with Gasteiger partial charge in [0.15, 0.2) is 5.79 Å². The van der Waals surface area contributed by atoms with Crippen molar-refractivity contribution in [1.29, 1.82) is 0 Å². The van der Waals surface area contributed by atoms with Crippen LogP contribution in [0.5, 0.6) is 0 Å². The Hall–Kier alpha value is -2.01. The number of aliphatic hydroxyl groups is 2. The van der Waals surface area contributed by atoms with Crippen molar-refractivity contribution >= 4 is 17.9 Å². The summed E-state index contributed by atoms with van der Waals surface area (Å²) in [4.78, 5) is 37.1. The van der Waals surface area contributed by atoms with E-state index in [1.807, 2.05) is 0 Å². The average Bonchev–Trinajstić information content (AvgIpc) is 2.99. The van der Waals surface area contributed by atoms with E-state index in [2.05, 4.69) is 16.4 Å². The van der Waals surface area contributed by atoms with Crippen LogP contribution in [0.4, 0.5) is 0 Å². The van der Waals surface area contributed by atoms with Gasteiger partial charge in [0.1, 0.15) is 12.2 Å². The van der Waals surface area contributed by atoms with E-state index in [4.69, 9.17) is 14.2 Å². The fraction of sp³-hybridized carbons (Fsp3) is 0.750. The molecule has 0 aromatic carbocycles. The Morgan fingerprint density at radius 1 is 0.933 bits per heavy atom. The quantitative estimate of drug-likeness (QED) is 0.207. The molecule has 0 aromatic rings. The van der Waals surface area contributed by atoms with Crippen molar-refractivity contribution < 1.29 is 48.3 Å². The van der Waals surface area contributed by atoms with Gasteiger partial charge in [0.2, 0.25) is 5.60 Å². The molecular formula is C20H32O10. The van der Waals surface area contributed by atoms with Crippen molar-refractivity contribution in [3.8, 4) is 0 Å². The third-order valence-electron chi connectivity index (χ3n) is 5.23. The van der Waals surface area contributed by atoms with Gasteiger partial charge >= 0.3 is 17.9 Å². The lowest BCUT2D eigenvalue weighted by Crippen LogP contribution is -2.54. The minimum Gasteiger partial charge on any atom is -0.467 e. The Bertz CT molecular complexity index is 645. The zero-order valence-electron chi connectivity index (χ0n) is 18.1. The summed E-state index contributed by atoms with van der Waals surface area (Å²) < 4.78 is 25.2. The summed E-state index contributed by atoms with van der Waals surface area (Å²) in [5.74, 6) is -5.17. The molecule has 0 aliphatic carbocycles. The molecule has 0 unspecified atom stereocenters. The summed E-state index contributed by atoms with van der Waals surface area (Å²) >= 11 is 0. The molecule has 0 aromatic heterocycles. The van der Waals surface area contributed by atoms with Crippen molar-refractivity contribution in [2.75, 3.05) is 28.4 Å². The molecule has 1 aliphatic heterocycles. The number of methoxy groups -OCH3 is 4. The molecule has 10 heteroatoms. The van der Waals surface area contributed by atoms with Gasteiger partial charge in [0.25, 0.3) is 0 Å². The fourth-order valence-corrected chi connectivity index (χ4v) is 3.54. The monoisotopic (exact) mass is 432 g/mol. The number of esters is 3.